The molecule has 0 radical (unpaired) electrons. The lowest BCUT2D eigenvalue weighted by atomic mass is 10.0. The lowest BCUT2D eigenvalue weighted by Crippen LogP contribution is -2.56. The van der Waals surface area contributed by atoms with Crippen molar-refractivity contribution in [1.29, 1.82) is 0 Å². The first-order valence-electron chi connectivity index (χ1n) is 10.0. The highest BCUT2D eigenvalue weighted by atomic mass is 16.5. The van der Waals surface area contributed by atoms with Crippen LogP contribution in [0.4, 0.5) is 0 Å². The van der Waals surface area contributed by atoms with Gasteiger partial charge in [0.2, 0.25) is 0 Å². The van der Waals surface area contributed by atoms with Crippen LogP contribution in [0.3, 0.4) is 0 Å². The Kier molecular flexibility index (Phi) is 8.72. The maximum atomic E-state index is 12.0. The van der Waals surface area contributed by atoms with Gasteiger partial charge in [-0.25, -0.2) is 9.79 Å². The maximum absolute atomic E-state index is 12.0. The van der Waals surface area contributed by atoms with Crippen LogP contribution in [-0.2, 0) is 16.0 Å². The largest absolute Gasteiger partial charge is 0.496 e. The van der Waals surface area contributed by atoms with Crippen LogP contribution in [-0.4, -0.2) is 76.0 Å². The van der Waals surface area contributed by atoms with E-state index >= 15 is 0 Å². The summed E-state index contributed by atoms with van der Waals surface area (Å²) in [6, 6.07) is 5.42. The molecule has 0 unspecified atom stereocenters. The molecule has 0 atom stereocenters. The second kappa shape index (κ2) is 11.0. The molecule has 0 spiro atoms. The third-order valence-corrected chi connectivity index (χ3v) is 4.99. The molecule has 8 heteroatoms. The number of carbonyl (C=O) groups excluding carboxylic acids is 1. The molecule has 1 saturated heterocycles. The fraction of sp³-hybridized carbons (Fsp3) is 0.619. The molecule has 1 heterocycles. The highest BCUT2D eigenvalue weighted by Crippen LogP contribution is 2.21. The quantitative estimate of drug-likeness (QED) is 0.386. The van der Waals surface area contributed by atoms with E-state index in [1.165, 1.54) is 14.2 Å². The Balaban J connectivity index is 2.05. The minimum Gasteiger partial charge on any atom is -0.496 e. The Morgan fingerprint density at radius 3 is 2.59 bits per heavy atom. The van der Waals surface area contributed by atoms with Crippen LogP contribution < -0.4 is 15.4 Å². The lowest BCUT2D eigenvalue weighted by molar-refractivity contribution is -0.00834. The molecule has 0 aliphatic carbocycles. The summed E-state index contributed by atoms with van der Waals surface area (Å²) in [6.45, 7) is 11.9. The second-order valence-corrected chi connectivity index (χ2v) is 7.49. The molecule has 0 aromatic heterocycles. The normalized spacial score (nSPS) is 15.7. The topological polar surface area (TPSA) is 84.4 Å². The van der Waals surface area contributed by atoms with Gasteiger partial charge in [-0.1, -0.05) is 6.07 Å². The minimum absolute atomic E-state index is 0.0157. The standard InChI is InChI=1S/C21H34N4O4/c1-6-22-20(24-15-21(2,3)25-9-11-29-12-10-25)23-14-16-7-8-18(27-4)17(13-16)19(26)28-5/h7-8,13H,6,9-12,14-15H2,1-5H3,(H2,22,23,24). The van der Waals surface area contributed by atoms with Crippen molar-refractivity contribution in [2.75, 3.05) is 53.6 Å². The van der Waals surface area contributed by atoms with E-state index in [4.69, 9.17) is 14.2 Å². The molecule has 8 nitrogen and oxygen atoms in total. The smallest absolute Gasteiger partial charge is 0.341 e. The molecule has 1 aromatic rings. The van der Waals surface area contributed by atoms with Gasteiger partial charge in [0.05, 0.1) is 34.0 Å². The molecule has 0 amide bonds. The summed E-state index contributed by atoms with van der Waals surface area (Å²) in [5.41, 5.74) is 1.28. The number of nitrogens with one attached hydrogen (secondary N) is 2. The van der Waals surface area contributed by atoms with E-state index in [1.54, 1.807) is 12.1 Å². The SMILES string of the molecule is CCNC(=NCc1ccc(OC)c(C(=O)OC)c1)NCC(C)(C)N1CCOCC1. The monoisotopic (exact) mass is 406 g/mol. The number of guanidine groups is 1. The third kappa shape index (κ3) is 6.61. The molecule has 2 rings (SSSR count). The Labute approximate surface area is 173 Å². The minimum atomic E-state index is -0.426. The number of esters is 1. The fourth-order valence-electron chi connectivity index (χ4n) is 3.22. The van der Waals surface area contributed by atoms with E-state index < -0.39 is 5.97 Å². The summed E-state index contributed by atoms with van der Waals surface area (Å²) in [6.07, 6.45) is 0. The molecule has 162 valence electrons. The Morgan fingerprint density at radius 2 is 1.97 bits per heavy atom. The summed E-state index contributed by atoms with van der Waals surface area (Å²) >= 11 is 0. The number of rotatable bonds is 8. The Bertz CT molecular complexity index is 700. The molecule has 29 heavy (non-hydrogen) atoms. The molecule has 1 aromatic carbocycles. The molecular formula is C21H34N4O4. The van der Waals surface area contributed by atoms with E-state index in [2.05, 4.69) is 34.4 Å². The summed E-state index contributed by atoms with van der Waals surface area (Å²) in [7, 11) is 2.89. The number of methoxy groups -OCH3 is 2. The number of hydrogen-bond donors (Lipinski definition) is 2. The first kappa shape index (κ1) is 23.0. The highest BCUT2D eigenvalue weighted by Gasteiger charge is 2.28. The summed E-state index contributed by atoms with van der Waals surface area (Å²) in [4.78, 5) is 19.1. The van der Waals surface area contributed by atoms with Crippen LogP contribution in [0.1, 0.15) is 36.7 Å². The van der Waals surface area contributed by atoms with Gasteiger partial charge < -0.3 is 24.8 Å². The van der Waals surface area contributed by atoms with Crippen LogP contribution in [0, 0.1) is 0 Å². The van der Waals surface area contributed by atoms with E-state index in [0.29, 0.717) is 17.9 Å². The van der Waals surface area contributed by atoms with Crippen LogP contribution in [0.15, 0.2) is 23.2 Å². The summed E-state index contributed by atoms with van der Waals surface area (Å²) < 4.78 is 15.5. The Hall–Kier alpha value is -2.32. The van der Waals surface area contributed by atoms with Crippen molar-refractivity contribution in [3.8, 4) is 5.75 Å². The van der Waals surface area contributed by atoms with Crippen molar-refractivity contribution in [3.63, 3.8) is 0 Å². The molecule has 1 fully saturated rings. The highest BCUT2D eigenvalue weighted by molar-refractivity contribution is 5.92. The van der Waals surface area contributed by atoms with Crippen LogP contribution >= 0.6 is 0 Å². The van der Waals surface area contributed by atoms with Gasteiger partial charge in [0.25, 0.3) is 0 Å². The number of nitrogens with zero attached hydrogens (tertiary/aromatic N) is 2. The van der Waals surface area contributed by atoms with Gasteiger partial charge in [-0.15, -0.1) is 0 Å². The zero-order valence-electron chi connectivity index (χ0n) is 18.2. The van der Waals surface area contributed by atoms with Gasteiger partial charge in [-0.3, -0.25) is 4.90 Å². The molecular weight excluding hydrogens is 372 g/mol. The predicted octanol–water partition coefficient (Wildman–Crippen LogP) is 1.65. The number of ether oxygens (including phenoxy) is 3. The summed E-state index contributed by atoms with van der Waals surface area (Å²) in [5.74, 6) is 0.802. The van der Waals surface area contributed by atoms with Crippen molar-refractivity contribution in [2.24, 2.45) is 4.99 Å². The van der Waals surface area contributed by atoms with Crippen LogP contribution in [0.5, 0.6) is 5.75 Å². The van der Waals surface area contributed by atoms with Crippen molar-refractivity contribution >= 4 is 11.9 Å². The predicted molar refractivity (Wildman–Crippen MR) is 114 cm³/mol. The number of benzene rings is 1. The fourth-order valence-corrected chi connectivity index (χ4v) is 3.22. The van der Waals surface area contributed by atoms with Gasteiger partial charge in [0.15, 0.2) is 5.96 Å². The van der Waals surface area contributed by atoms with E-state index in [-0.39, 0.29) is 5.54 Å². The van der Waals surface area contributed by atoms with Crippen molar-refractivity contribution < 1.29 is 19.0 Å². The van der Waals surface area contributed by atoms with Crippen LogP contribution in [0.25, 0.3) is 0 Å². The third-order valence-electron chi connectivity index (χ3n) is 4.99. The zero-order valence-corrected chi connectivity index (χ0v) is 18.2. The number of hydrogen-bond acceptors (Lipinski definition) is 6. The number of morpholine rings is 1. The van der Waals surface area contributed by atoms with Crippen molar-refractivity contribution in [3.05, 3.63) is 29.3 Å². The first-order valence-corrected chi connectivity index (χ1v) is 10.0. The number of carbonyl (C=O) groups is 1. The average Bonchev–Trinajstić information content (AvgIpc) is 2.75. The Morgan fingerprint density at radius 1 is 1.24 bits per heavy atom. The van der Waals surface area contributed by atoms with E-state index in [0.717, 1.165) is 50.9 Å². The van der Waals surface area contributed by atoms with E-state index in [1.807, 2.05) is 13.0 Å². The molecule has 2 N–H and O–H groups in total. The van der Waals surface area contributed by atoms with Gasteiger partial charge in [-0.05, 0) is 38.5 Å². The van der Waals surface area contributed by atoms with Gasteiger partial charge in [0.1, 0.15) is 11.3 Å². The molecule has 1 aliphatic rings. The molecule has 1 aliphatic heterocycles. The van der Waals surface area contributed by atoms with E-state index in [9.17, 15) is 4.79 Å². The average molecular weight is 407 g/mol. The zero-order chi connectivity index (χ0) is 21.3. The second-order valence-electron chi connectivity index (χ2n) is 7.49. The van der Waals surface area contributed by atoms with Gasteiger partial charge in [0, 0.05) is 31.7 Å². The van der Waals surface area contributed by atoms with Crippen molar-refractivity contribution in [1.82, 2.24) is 15.5 Å². The summed E-state index contributed by atoms with van der Waals surface area (Å²) in [5, 5.41) is 6.72. The lowest BCUT2D eigenvalue weighted by Gasteiger charge is -2.41. The van der Waals surface area contributed by atoms with Crippen molar-refractivity contribution in [2.45, 2.75) is 32.9 Å². The number of aliphatic imine (C=N–C) groups is 1. The van der Waals surface area contributed by atoms with Gasteiger partial charge >= 0.3 is 5.97 Å². The van der Waals surface area contributed by atoms with Crippen LogP contribution in [0.2, 0.25) is 0 Å². The molecule has 0 bridgehead atoms. The van der Waals surface area contributed by atoms with Gasteiger partial charge in [-0.2, -0.15) is 0 Å². The first-order chi connectivity index (χ1) is 13.9. The maximum Gasteiger partial charge on any atom is 0.341 e. The molecule has 0 saturated carbocycles.